The molecule has 0 spiro atoms. The number of amides is 1. The third-order valence-corrected chi connectivity index (χ3v) is 3.76. The minimum atomic E-state index is -0.588. The van der Waals surface area contributed by atoms with E-state index in [4.69, 9.17) is 9.47 Å². The number of esters is 1. The van der Waals surface area contributed by atoms with Gasteiger partial charge in [0.25, 0.3) is 5.91 Å². The molecule has 1 N–H and O–H groups in total. The van der Waals surface area contributed by atoms with Crippen LogP contribution in [0.5, 0.6) is 5.75 Å². The predicted molar refractivity (Wildman–Crippen MR) is 100 cm³/mol. The molecule has 0 aliphatic carbocycles. The van der Waals surface area contributed by atoms with Crippen LogP contribution in [0.3, 0.4) is 0 Å². The predicted octanol–water partition coefficient (Wildman–Crippen LogP) is 3.89. The normalized spacial score (nSPS) is 11.7. The second kappa shape index (κ2) is 9.71. The zero-order chi connectivity index (χ0) is 19.8. The minimum absolute atomic E-state index is 0.325. The van der Waals surface area contributed by atoms with E-state index in [-0.39, 0.29) is 11.9 Å². The van der Waals surface area contributed by atoms with E-state index in [1.807, 2.05) is 13.8 Å². The maximum absolute atomic E-state index is 12.9. The Labute approximate surface area is 158 Å². The third kappa shape index (κ3) is 6.73. The Morgan fingerprint density at radius 2 is 1.63 bits per heavy atom. The summed E-state index contributed by atoms with van der Waals surface area (Å²) in [6.07, 6.45) is 0. The van der Waals surface area contributed by atoms with Gasteiger partial charge < -0.3 is 14.8 Å². The number of halogens is 1. The van der Waals surface area contributed by atoms with Crippen LogP contribution < -0.4 is 10.1 Å². The largest absolute Gasteiger partial charge is 0.493 e. The molecule has 5 nitrogen and oxygen atoms in total. The van der Waals surface area contributed by atoms with Crippen molar-refractivity contribution >= 4 is 11.9 Å². The highest BCUT2D eigenvalue weighted by molar-refractivity contribution is 5.91. The van der Waals surface area contributed by atoms with E-state index in [1.165, 1.54) is 12.1 Å². The number of hydrogen-bond donors (Lipinski definition) is 1. The Balaban J connectivity index is 1.80. The maximum atomic E-state index is 12.9. The molecule has 0 radical (unpaired) electrons. The summed E-state index contributed by atoms with van der Waals surface area (Å²) < 4.78 is 23.5. The lowest BCUT2D eigenvalue weighted by Crippen LogP contribution is -2.31. The van der Waals surface area contributed by atoms with Gasteiger partial charge in [0.2, 0.25) is 0 Å². The van der Waals surface area contributed by atoms with E-state index in [2.05, 4.69) is 5.32 Å². The smallest absolute Gasteiger partial charge is 0.338 e. The van der Waals surface area contributed by atoms with Gasteiger partial charge in [-0.15, -0.1) is 0 Å². The lowest BCUT2D eigenvalue weighted by molar-refractivity contribution is -0.124. The van der Waals surface area contributed by atoms with Gasteiger partial charge in [-0.1, -0.05) is 26.0 Å². The molecule has 0 aliphatic rings. The molecule has 0 bridgehead atoms. The molecule has 0 aromatic heterocycles. The third-order valence-electron chi connectivity index (χ3n) is 3.76. The van der Waals surface area contributed by atoms with Crippen molar-refractivity contribution in [2.75, 3.05) is 13.2 Å². The molecule has 2 aromatic carbocycles. The van der Waals surface area contributed by atoms with Gasteiger partial charge in [-0.2, -0.15) is 0 Å². The van der Waals surface area contributed by atoms with Crippen LogP contribution in [0.1, 0.15) is 42.7 Å². The fourth-order valence-corrected chi connectivity index (χ4v) is 2.28. The molecule has 0 fully saturated rings. The summed E-state index contributed by atoms with van der Waals surface area (Å²) >= 11 is 0. The molecular formula is C21H24FNO4. The monoisotopic (exact) mass is 373 g/mol. The fraction of sp³-hybridized carbons (Fsp3) is 0.333. The summed E-state index contributed by atoms with van der Waals surface area (Å²) in [4.78, 5) is 24.0. The summed E-state index contributed by atoms with van der Waals surface area (Å²) in [5.74, 6) is -0.282. The maximum Gasteiger partial charge on any atom is 0.338 e. The van der Waals surface area contributed by atoms with Crippen LogP contribution in [0.15, 0.2) is 48.5 Å². The van der Waals surface area contributed by atoms with Crippen molar-refractivity contribution < 1.29 is 23.5 Å². The first-order chi connectivity index (χ1) is 12.8. The van der Waals surface area contributed by atoms with Gasteiger partial charge in [-0.25, -0.2) is 9.18 Å². The molecular weight excluding hydrogens is 349 g/mol. The molecule has 0 saturated heterocycles. The average Bonchev–Trinajstić information content (AvgIpc) is 2.65. The van der Waals surface area contributed by atoms with E-state index >= 15 is 0 Å². The van der Waals surface area contributed by atoms with Crippen molar-refractivity contribution in [2.45, 2.75) is 26.8 Å². The molecule has 27 heavy (non-hydrogen) atoms. The quantitative estimate of drug-likeness (QED) is 0.713. The second-order valence-electron chi connectivity index (χ2n) is 6.65. The van der Waals surface area contributed by atoms with Crippen molar-refractivity contribution in [1.82, 2.24) is 5.32 Å². The SMILES string of the molecule is CC(C)COc1ccc(C(=O)OCC(=O)NC(C)c2ccc(F)cc2)cc1. The van der Waals surface area contributed by atoms with Gasteiger partial charge in [0.05, 0.1) is 18.2 Å². The zero-order valence-electron chi connectivity index (χ0n) is 15.7. The highest BCUT2D eigenvalue weighted by Gasteiger charge is 2.13. The number of rotatable bonds is 8. The Morgan fingerprint density at radius 3 is 2.22 bits per heavy atom. The minimum Gasteiger partial charge on any atom is -0.493 e. The number of ether oxygens (including phenoxy) is 2. The highest BCUT2D eigenvalue weighted by atomic mass is 19.1. The molecule has 2 aromatic rings. The van der Waals surface area contributed by atoms with E-state index < -0.39 is 18.5 Å². The number of carbonyl (C=O) groups is 2. The van der Waals surface area contributed by atoms with Gasteiger partial charge in [-0.05, 0) is 54.8 Å². The summed E-state index contributed by atoms with van der Waals surface area (Å²) in [6, 6.07) is 12.1. The van der Waals surface area contributed by atoms with Gasteiger partial charge in [0, 0.05) is 0 Å². The molecule has 6 heteroatoms. The lowest BCUT2D eigenvalue weighted by Gasteiger charge is -2.14. The van der Waals surface area contributed by atoms with E-state index in [0.29, 0.717) is 23.8 Å². The molecule has 1 unspecified atom stereocenters. The van der Waals surface area contributed by atoms with E-state index in [9.17, 15) is 14.0 Å². The van der Waals surface area contributed by atoms with Gasteiger partial charge in [0.15, 0.2) is 6.61 Å². The standard InChI is InChI=1S/C21H24FNO4/c1-14(2)12-26-19-10-6-17(7-11-19)21(25)27-13-20(24)23-15(3)16-4-8-18(22)9-5-16/h4-11,14-15H,12-13H2,1-3H3,(H,23,24). The molecule has 0 heterocycles. The molecule has 2 rings (SSSR count). The van der Waals surface area contributed by atoms with Crippen LogP contribution >= 0.6 is 0 Å². The molecule has 1 atom stereocenters. The second-order valence-corrected chi connectivity index (χ2v) is 6.65. The average molecular weight is 373 g/mol. The first-order valence-electron chi connectivity index (χ1n) is 8.80. The molecule has 0 saturated carbocycles. The van der Waals surface area contributed by atoms with Crippen molar-refractivity contribution in [1.29, 1.82) is 0 Å². The summed E-state index contributed by atoms with van der Waals surface area (Å²) in [7, 11) is 0. The fourth-order valence-electron chi connectivity index (χ4n) is 2.28. The summed E-state index contributed by atoms with van der Waals surface area (Å²) in [5, 5.41) is 2.70. The van der Waals surface area contributed by atoms with Gasteiger partial charge in [0.1, 0.15) is 11.6 Å². The van der Waals surface area contributed by atoms with E-state index in [1.54, 1.807) is 43.3 Å². The van der Waals surface area contributed by atoms with Crippen LogP contribution in [0.2, 0.25) is 0 Å². The number of nitrogens with one attached hydrogen (secondary N) is 1. The Bertz CT molecular complexity index is 757. The van der Waals surface area contributed by atoms with Crippen LogP contribution in [0.25, 0.3) is 0 Å². The van der Waals surface area contributed by atoms with Gasteiger partial charge in [-0.3, -0.25) is 4.79 Å². The summed E-state index contributed by atoms with van der Waals surface area (Å²) in [5.41, 5.74) is 1.10. The topological polar surface area (TPSA) is 64.6 Å². The molecule has 0 aliphatic heterocycles. The first-order valence-corrected chi connectivity index (χ1v) is 8.80. The van der Waals surface area contributed by atoms with Crippen LogP contribution in [-0.4, -0.2) is 25.1 Å². The Kier molecular flexibility index (Phi) is 7.34. The number of hydrogen-bond acceptors (Lipinski definition) is 4. The van der Waals surface area contributed by atoms with Crippen LogP contribution in [0, 0.1) is 11.7 Å². The highest BCUT2D eigenvalue weighted by Crippen LogP contribution is 2.15. The molecule has 144 valence electrons. The lowest BCUT2D eigenvalue weighted by atomic mass is 10.1. The van der Waals surface area contributed by atoms with Crippen molar-refractivity contribution in [3.63, 3.8) is 0 Å². The van der Waals surface area contributed by atoms with Crippen LogP contribution in [-0.2, 0) is 9.53 Å². The Morgan fingerprint density at radius 1 is 1.00 bits per heavy atom. The van der Waals surface area contributed by atoms with Crippen molar-refractivity contribution in [2.24, 2.45) is 5.92 Å². The number of benzene rings is 2. The zero-order valence-corrected chi connectivity index (χ0v) is 15.7. The first kappa shape index (κ1) is 20.4. The van der Waals surface area contributed by atoms with Crippen LogP contribution in [0.4, 0.5) is 4.39 Å². The van der Waals surface area contributed by atoms with Crippen molar-refractivity contribution in [3.8, 4) is 5.75 Å². The Hall–Kier alpha value is -2.89. The summed E-state index contributed by atoms with van der Waals surface area (Å²) in [6.45, 7) is 6.07. The van der Waals surface area contributed by atoms with E-state index in [0.717, 1.165) is 5.56 Å². The number of carbonyl (C=O) groups excluding carboxylic acids is 2. The van der Waals surface area contributed by atoms with Gasteiger partial charge >= 0.3 is 5.97 Å². The molecule has 1 amide bonds. The van der Waals surface area contributed by atoms with Crippen molar-refractivity contribution in [3.05, 3.63) is 65.5 Å².